The molecule has 2 rings (SSSR count). The predicted molar refractivity (Wildman–Crippen MR) is 86.2 cm³/mol. The van der Waals surface area contributed by atoms with Gasteiger partial charge in [-0.25, -0.2) is 4.98 Å². The van der Waals surface area contributed by atoms with Crippen molar-refractivity contribution >= 4 is 0 Å². The van der Waals surface area contributed by atoms with E-state index in [0.717, 1.165) is 36.7 Å². The molecule has 0 radical (unpaired) electrons. The molecule has 2 heterocycles. The van der Waals surface area contributed by atoms with Crippen molar-refractivity contribution in [2.75, 3.05) is 7.05 Å². The van der Waals surface area contributed by atoms with Crippen molar-refractivity contribution in [3.8, 4) is 0 Å². The minimum Gasteiger partial charge on any atom is -0.333 e. The Balaban J connectivity index is 2.00. The highest BCUT2D eigenvalue weighted by atomic mass is 15.2. The molecule has 2 aromatic heterocycles. The van der Waals surface area contributed by atoms with E-state index in [9.17, 15) is 0 Å². The number of hydrogen-bond acceptors (Lipinski definition) is 3. The van der Waals surface area contributed by atoms with E-state index < -0.39 is 0 Å². The van der Waals surface area contributed by atoms with E-state index in [1.807, 2.05) is 6.20 Å². The van der Waals surface area contributed by atoms with Crippen molar-refractivity contribution in [3.05, 3.63) is 47.3 Å². The molecule has 4 nitrogen and oxygen atoms in total. The van der Waals surface area contributed by atoms with Crippen molar-refractivity contribution in [2.45, 2.75) is 53.2 Å². The molecule has 2 aromatic rings. The zero-order valence-electron chi connectivity index (χ0n) is 13.8. The molecule has 0 aliphatic rings. The molecule has 0 saturated heterocycles. The van der Waals surface area contributed by atoms with Crippen LogP contribution in [-0.4, -0.2) is 32.5 Å². The molecule has 0 fully saturated rings. The minimum atomic E-state index is 0.437. The fourth-order valence-electron chi connectivity index (χ4n) is 2.66. The first-order valence-electron chi connectivity index (χ1n) is 7.64. The lowest BCUT2D eigenvalue weighted by Gasteiger charge is -2.25. The number of aryl methyl sites for hydroxylation is 3. The van der Waals surface area contributed by atoms with Gasteiger partial charge in [-0.1, -0.05) is 6.92 Å². The lowest BCUT2D eigenvalue weighted by atomic mass is 10.2. The van der Waals surface area contributed by atoms with Crippen molar-refractivity contribution in [1.29, 1.82) is 0 Å². The van der Waals surface area contributed by atoms with Gasteiger partial charge in [-0.15, -0.1) is 0 Å². The number of imidazole rings is 1. The van der Waals surface area contributed by atoms with Crippen LogP contribution in [0.1, 0.15) is 36.6 Å². The average Bonchev–Trinajstić information content (AvgIpc) is 2.84. The molecule has 4 heteroatoms. The van der Waals surface area contributed by atoms with Gasteiger partial charge in [0.05, 0.1) is 5.69 Å². The Labute approximate surface area is 127 Å². The zero-order chi connectivity index (χ0) is 15.4. The summed E-state index contributed by atoms with van der Waals surface area (Å²) in [6, 6.07) is 4.73. The summed E-state index contributed by atoms with van der Waals surface area (Å²) in [7, 11) is 2.16. The van der Waals surface area contributed by atoms with E-state index in [0.29, 0.717) is 6.04 Å². The molecular formula is C17H26N4. The normalized spacial score (nSPS) is 12.9. The first-order chi connectivity index (χ1) is 9.99. The van der Waals surface area contributed by atoms with Crippen LogP contribution in [0.4, 0.5) is 0 Å². The standard InChI is InChI=1S/C17H26N4/c1-6-17-18-7-8-21(17)11-15(4)20(5)12-16-10-13(2)9-14(3)19-16/h7-10,15H,6,11-12H2,1-5H3. The van der Waals surface area contributed by atoms with Gasteiger partial charge < -0.3 is 4.57 Å². The molecule has 21 heavy (non-hydrogen) atoms. The number of hydrogen-bond donors (Lipinski definition) is 0. The molecule has 0 spiro atoms. The Bertz CT molecular complexity index is 568. The summed E-state index contributed by atoms with van der Waals surface area (Å²) in [5, 5.41) is 0. The summed E-state index contributed by atoms with van der Waals surface area (Å²) >= 11 is 0. The summed E-state index contributed by atoms with van der Waals surface area (Å²) < 4.78 is 2.25. The Morgan fingerprint density at radius 1 is 1.29 bits per heavy atom. The van der Waals surface area contributed by atoms with E-state index in [2.05, 4.69) is 72.5 Å². The fourth-order valence-corrected chi connectivity index (χ4v) is 2.66. The van der Waals surface area contributed by atoms with Crippen LogP contribution in [-0.2, 0) is 19.5 Å². The van der Waals surface area contributed by atoms with Gasteiger partial charge in [0.25, 0.3) is 0 Å². The van der Waals surface area contributed by atoms with Gasteiger partial charge in [0.1, 0.15) is 5.82 Å². The smallest absolute Gasteiger partial charge is 0.108 e. The third-order valence-electron chi connectivity index (χ3n) is 3.89. The van der Waals surface area contributed by atoms with Crippen LogP contribution in [0.25, 0.3) is 0 Å². The summed E-state index contributed by atoms with van der Waals surface area (Å²) in [4.78, 5) is 11.4. The SMILES string of the molecule is CCc1nccn1CC(C)N(C)Cc1cc(C)cc(C)n1. The van der Waals surface area contributed by atoms with Crippen molar-refractivity contribution in [3.63, 3.8) is 0 Å². The number of aromatic nitrogens is 3. The highest BCUT2D eigenvalue weighted by Gasteiger charge is 2.13. The van der Waals surface area contributed by atoms with E-state index in [1.165, 1.54) is 5.56 Å². The van der Waals surface area contributed by atoms with Gasteiger partial charge in [-0.05, 0) is 45.5 Å². The quantitative estimate of drug-likeness (QED) is 0.818. The largest absolute Gasteiger partial charge is 0.333 e. The molecule has 0 aliphatic heterocycles. The molecule has 1 atom stereocenters. The Hall–Kier alpha value is -1.68. The van der Waals surface area contributed by atoms with Gasteiger partial charge in [0.15, 0.2) is 0 Å². The third-order valence-corrected chi connectivity index (χ3v) is 3.89. The second-order valence-electron chi connectivity index (χ2n) is 5.89. The van der Waals surface area contributed by atoms with Crippen LogP contribution in [0.2, 0.25) is 0 Å². The third kappa shape index (κ3) is 4.14. The molecule has 1 unspecified atom stereocenters. The van der Waals surface area contributed by atoms with Crippen LogP contribution in [0, 0.1) is 13.8 Å². The Morgan fingerprint density at radius 3 is 2.71 bits per heavy atom. The number of rotatable bonds is 6. The predicted octanol–water partition coefficient (Wildman–Crippen LogP) is 2.98. The first-order valence-corrected chi connectivity index (χ1v) is 7.64. The summed E-state index contributed by atoms with van der Waals surface area (Å²) in [6.07, 6.45) is 4.93. The summed E-state index contributed by atoms with van der Waals surface area (Å²) in [6.45, 7) is 10.4. The maximum Gasteiger partial charge on any atom is 0.108 e. The van der Waals surface area contributed by atoms with Gasteiger partial charge in [-0.3, -0.25) is 9.88 Å². The Morgan fingerprint density at radius 2 is 2.05 bits per heavy atom. The van der Waals surface area contributed by atoms with Crippen LogP contribution >= 0.6 is 0 Å². The van der Waals surface area contributed by atoms with Crippen LogP contribution < -0.4 is 0 Å². The molecule has 0 aliphatic carbocycles. The van der Waals surface area contributed by atoms with Crippen LogP contribution in [0.3, 0.4) is 0 Å². The minimum absolute atomic E-state index is 0.437. The lowest BCUT2D eigenvalue weighted by molar-refractivity contribution is 0.223. The fraction of sp³-hybridized carbons (Fsp3) is 0.529. The number of nitrogens with zero attached hydrogens (tertiary/aromatic N) is 4. The molecule has 0 bridgehead atoms. The van der Waals surface area contributed by atoms with Crippen molar-refractivity contribution in [1.82, 2.24) is 19.4 Å². The van der Waals surface area contributed by atoms with Gasteiger partial charge >= 0.3 is 0 Å². The molecule has 114 valence electrons. The average molecular weight is 286 g/mol. The highest BCUT2D eigenvalue weighted by molar-refractivity contribution is 5.19. The number of pyridine rings is 1. The topological polar surface area (TPSA) is 34.0 Å². The highest BCUT2D eigenvalue weighted by Crippen LogP contribution is 2.10. The maximum atomic E-state index is 4.63. The first kappa shape index (κ1) is 15.7. The van der Waals surface area contributed by atoms with Gasteiger partial charge in [0.2, 0.25) is 0 Å². The van der Waals surface area contributed by atoms with E-state index in [1.54, 1.807) is 0 Å². The molecule has 0 N–H and O–H groups in total. The molecule has 0 aromatic carbocycles. The van der Waals surface area contributed by atoms with E-state index in [-0.39, 0.29) is 0 Å². The second kappa shape index (κ2) is 6.85. The van der Waals surface area contributed by atoms with E-state index >= 15 is 0 Å². The molecule has 0 amide bonds. The Kier molecular flexibility index (Phi) is 5.12. The van der Waals surface area contributed by atoms with E-state index in [4.69, 9.17) is 0 Å². The van der Waals surface area contributed by atoms with Gasteiger partial charge in [0, 0.05) is 43.6 Å². The second-order valence-corrected chi connectivity index (χ2v) is 5.89. The summed E-state index contributed by atoms with van der Waals surface area (Å²) in [5.74, 6) is 1.15. The van der Waals surface area contributed by atoms with Gasteiger partial charge in [-0.2, -0.15) is 0 Å². The molecular weight excluding hydrogens is 260 g/mol. The maximum absolute atomic E-state index is 4.63. The monoisotopic (exact) mass is 286 g/mol. The number of likely N-dealkylation sites (N-methyl/N-ethyl adjacent to an activating group) is 1. The van der Waals surface area contributed by atoms with Crippen molar-refractivity contribution < 1.29 is 0 Å². The van der Waals surface area contributed by atoms with Crippen molar-refractivity contribution in [2.24, 2.45) is 0 Å². The zero-order valence-corrected chi connectivity index (χ0v) is 13.8. The van der Waals surface area contributed by atoms with Crippen LogP contribution in [0.5, 0.6) is 0 Å². The van der Waals surface area contributed by atoms with Crippen LogP contribution in [0.15, 0.2) is 24.5 Å². The molecule has 0 saturated carbocycles. The lowest BCUT2D eigenvalue weighted by Crippen LogP contribution is -2.33. The summed E-state index contributed by atoms with van der Waals surface area (Å²) in [5.41, 5.74) is 3.51.